The SMILES string of the molecule is N=C1SCC(=O)N1c1ccc2c(c1)OCO2. The summed E-state index contributed by atoms with van der Waals surface area (Å²) in [6.45, 7) is 0.207. The second kappa shape index (κ2) is 3.41. The number of ether oxygens (including phenoxy) is 2. The Labute approximate surface area is 95.8 Å². The molecule has 0 bridgehead atoms. The number of carbonyl (C=O) groups is 1. The summed E-state index contributed by atoms with van der Waals surface area (Å²) in [5, 5.41) is 7.92. The Balaban J connectivity index is 2.00. The molecule has 3 rings (SSSR count). The second-order valence-corrected chi connectivity index (χ2v) is 4.32. The molecule has 0 saturated carbocycles. The highest BCUT2D eigenvalue weighted by molar-refractivity contribution is 8.15. The highest BCUT2D eigenvalue weighted by Crippen LogP contribution is 2.37. The van der Waals surface area contributed by atoms with Gasteiger partial charge in [0.15, 0.2) is 16.7 Å². The van der Waals surface area contributed by atoms with Crippen LogP contribution in [-0.4, -0.2) is 23.6 Å². The molecule has 6 heteroatoms. The fourth-order valence-electron chi connectivity index (χ4n) is 1.66. The number of hydrogen-bond donors (Lipinski definition) is 1. The van der Waals surface area contributed by atoms with Gasteiger partial charge in [-0.05, 0) is 12.1 Å². The van der Waals surface area contributed by atoms with Crippen molar-refractivity contribution in [1.82, 2.24) is 0 Å². The highest BCUT2D eigenvalue weighted by Gasteiger charge is 2.29. The average Bonchev–Trinajstić information content (AvgIpc) is 2.85. The van der Waals surface area contributed by atoms with Crippen molar-refractivity contribution in [3.63, 3.8) is 0 Å². The Morgan fingerprint density at radius 1 is 1.31 bits per heavy atom. The van der Waals surface area contributed by atoms with Crippen LogP contribution in [0.4, 0.5) is 5.69 Å². The van der Waals surface area contributed by atoms with E-state index in [0.29, 0.717) is 22.9 Å². The van der Waals surface area contributed by atoms with Gasteiger partial charge in [0.25, 0.3) is 0 Å². The molecule has 1 saturated heterocycles. The Kier molecular flexibility index (Phi) is 2.03. The molecular formula is C10H8N2O3S. The van der Waals surface area contributed by atoms with Crippen LogP contribution in [0.3, 0.4) is 0 Å². The molecule has 0 unspecified atom stereocenters. The Hall–Kier alpha value is -1.69. The van der Waals surface area contributed by atoms with Crippen molar-refractivity contribution in [2.45, 2.75) is 0 Å². The van der Waals surface area contributed by atoms with E-state index in [-0.39, 0.29) is 17.9 Å². The molecule has 2 aliphatic heterocycles. The van der Waals surface area contributed by atoms with Gasteiger partial charge in [0, 0.05) is 6.07 Å². The lowest BCUT2D eigenvalue weighted by atomic mass is 10.2. The predicted octanol–water partition coefficient (Wildman–Crippen LogP) is 1.43. The number of amides is 1. The first kappa shape index (κ1) is 9.53. The van der Waals surface area contributed by atoms with Gasteiger partial charge in [0.05, 0.1) is 11.4 Å². The average molecular weight is 236 g/mol. The fourth-order valence-corrected chi connectivity index (χ4v) is 2.38. The molecule has 1 aromatic rings. The number of rotatable bonds is 1. The largest absolute Gasteiger partial charge is 0.454 e. The van der Waals surface area contributed by atoms with Crippen molar-refractivity contribution in [3.05, 3.63) is 18.2 Å². The number of thioether (sulfide) groups is 1. The van der Waals surface area contributed by atoms with Crippen LogP contribution in [-0.2, 0) is 4.79 Å². The summed E-state index contributed by atoms with van der Waals surface area (Å²) < 4.78 is 10.4. The number of anilines is 1. The number of hydrogen-bond acceptors (Lipinski definition) is 5. The number of carbonyl (C=O) groups excluding carboxylic acids is 1. The fraction of sp³-hybridized carbons (Fsp3) is 0.200. The van der Waals surface area contributed by atoms with Crippen LogP contribution in [0.15, 0.2) is 18.2 Å². The molecule has 1 amide bonds. The predicted molar refractivity (Wildman–Crippen MR) is 60.2 cm³/mol. The first-order valence-corrected chi connectivity index (χ1v) is 5.68. The van der Waals surface area contributed by atoms with Crippen LogP contribution in [0.25, 0.3) is 0 Å². The normalized spacial score (nSPS) is 18.4. The maximum atomic E-state index is 11.6. The third-order valence-electron chi connectivity index (χ3n) is 2.40. The van der Waals surface area contributed by atoms with E-state index >= 15 is 0 Å². The molecule has 0 spiro atoms. The molecule has 82 valence electrons. The van der Waals surface area contributed by atoms with E-state index in [1.54, 1.807) is 18.2 Å². The monoisotopic (exact) mass is 236 g/mol. The number of nitrogens with zero attached hydrogens (tertiary/aromatic N) is 1. The van der Waals surface area contributed by atoms with E-state index in [1.165, 1.54) is 16.7 Å². The van der Waals surface area contributed by atoms with Crippen molar-refractivity contribution in [3.8, 4) is 11.5 Å². The maximum Gasteiger partial charge on any atom is 0.243 e. The quantitative estimate of drug-likeness (QED) is 0.801. The summed E-state index contributed by atoms with van der Waals surface area (Å²) in [6, 6.07) is 5.23. The summed E-state index contributed by atoms with van der Waals surface area (Å²) in [4.78, 5) is 13.0. The molecule has 1 fully saturated rings. The molecule has 0 aromatic heterocycles. The van der Waals surface area contributed by atoms with E-state index < -0.39 is 0 Å². The third-order valence-corrected chi connectivity index (χ3v) is 3.25. The zero-order chi connectivity index (χ0) is 11.1. The number of nitrogens with one attached hydrogen (secondary N) is 1. The van der Waals surface area contributed by atoms with E-state index in [0.717, 1.165) is 0 Å². The molecule has 1 N–H and O–H groups in total. The first-order valence-electron chi connectivity index (χ1n) is 4.69. The molecule has 1 aromatic carbocycles. The van der Waals surface area contributed by atoms with Crippen LogP contribution in [0.2, 0.25) is 0 Å². The lowest BCUT2D eigenvalue weighted by Gasteiger charge is -2.14. The summed E-state index contributed by atoms with van der Waals surface area (Å²) in [5.41, 5.74) is 0.657. The van der Waals surface area contributed by atoms with E-state index in [2.05, 4.69) is 0 Å². The van der Waals surface area contributed by atoms with Crippen molar-refractivity contribution in [2.75, 3.05) is 17.4 Å². The minimum Gasteiger partial charge on any atom is -0.454 e. The highest BCUT2D eigenvalue weighted by atomic mass is 32.2. The molecule has 16 heavy (non-hydrogen) atoms. The summed E-state index contributed by atoms with van der Waals surface area (Å²) in [6.07, 6.45) is 0. The van der Waals surface area contributed by atoms with Gasteiger partial charge >= 0.3 is 0 Å². The minimum absolute atomic E-state index is 0.0751. The van der Waals surface area contributed by atoms with Crippen LogP contribution in [0.1, 0.15) is 0 Å². The standard InChI is InChI=1S/C10H8N2O3S/c11-10-12(9(13)4-16-10)6-1-2-7-8(3-6)15-5-14-7/h1-3,11H,4-5H2. The van der Waals surface area contributed by atoms with E-state index in [9.17, 15) is 4.79 Å². The number of benzene rings is 1. The second-order valence-electron chi connectivity index (χ2n) is 3.36. The maximum absolute atomic E-state index is 11.6. The van der Waals surface area contributed by atoms with Crippen LogP contribution >= 0.6 is 11.8 Å². The van der Waals surface area contributed by atoms with Crippen molar-refractivity contribution >= 4 is 28.5 Å². The topological polar surface area (TPSA) is 62.6 Å². The molecule has 2 aliphatic rings. The van der Waals surface area contributed by atoms with Crippen LogP contribution in [0, 0.1) is 5.41 Å². The summed E-state index contributed by atoms with van der Waals surface area (Å²) in [7, 11) is 0. The van der Waals surface area contributed by atoms with Gasteiger partial charge in [0.2, 0.25) is 12.7 Å². The zero-order valence-electron chi connectivity index (χ0n) is 8.23. The lowest BCUT2D eigenvalue weighted by Crippen LogP contribution is -2.28. The molecular weight excluding hydrogens is 228 g/mol. The number of amidine groups is 1. The van der Waals surface area contributed by atoms with E-state index in [4.69, 9.17) is 14.9 Å². The van der Waals surface area contributed by atoms with Gasteiger partial charge in [-0.3, -0.25) is 15.1 Å². The molecule has 5 nitrogen and oxygen atoms in total. The molecule has 0 radical (unpaired) electrons. The molecule has 0 aliphatic carbocycles. The van der Waals surface area contributed by atoms with Crippen molar-refractivity contribution < 1.29 is 14.3 Å². The van der Waals surface area contributed by atoms with Gasteiger partial charge < -0.3 is 9.47 Å². The van der Waals surface area contributed by atoms with Crippen LogP contribution in [0.5, 0.6) is 11.5 Å². The Bertz CT molecular complexity index is 473. The van der Waals surface area contributed by atoms with Gasteiger partial charge in [-0.15, -0.1) is 0 Å². The third kappa shape index (κ3) is 1.34. The first-order chi connectivity index (χ1) is 7.75. The van der Waals surface area contributed by atoms with Crippen molar-refractivity contribution in [1.29, 1.82) is 5.41 Å². The lowest BCUT2D eigenvalue weighted by molar-refractivity contribution is -0.115. The summed E-state index contributed by atoms with van der Waals surface area (Å²) >= 11 is 1.23. The number of fused-ring (bicyclic) bond motifs is 1. The van der Waals surface area contributed by atoms with E-state index in [1.807, 2.05) is 0 Å². The van der Waals surface area contributed by atoms with Crippen molar-refractivity contribution in [2.24, 2.45) is 0 Å². The minimum atomic E-state index is -0.0751. The molecule has 2 heterocycles. The van der Waals surface area contributed by atoms with Crippen LogP contribution < -0.4 is 14.4 Å². The zero-order valence-corrected chi connectivity index (χ0v) is 9.04. The Morgan fingerprint density at radius 3 is 2.88 bits per heavy atom. The Morgan fingerprint density at radius 2 is 2.12 bits per heavy atom. The van der Waals surface area contributed by atoms with Gasteiger partial charge in [-0.2, -0.15) is 0 Å². The smallest absolute Gasteiger partial charge is 0.243 e. The van der Waals surface area contributed by atoms with Gasteiger partial charge in [-0.25, -0.2) is 0 Å². The van der Waals surface area contributed by atoms with Gasteiger partial charge in [0.1, 0.15) is 0 Å². The summed E-state index contributed by atoms with van der Waals surface area (Å²) in [5.74, 6) is 1.55. The molecule has 0 atom stereocenters. The van der Waals surface area contributed by atoms with Gasteiger partial charge in [-0.1, -0.05) is 11.8 Å².